The van der Waals surface area contributed by atoms with Gasteiger partial charge in [-0.05, 0) is 69.2 Å². The number of carbonyl (C=O) groups is 1. The van der Waals surface area contributed by atoms with Crippen LogP contribution in [0.1, 0.15) is 64.8 Å². The molecule has 1 N–H and O–H groups in total. The number of benzene rings is 2. The molecule has 0 unspecified atom stereocenters. The van der Waals surface area contributed by atoms with Crippen LogP contribution in [0.5, 0.6) is 0 Å². The molecule has 0 spiro atoms. The molecule has 0 bridgehead atoms. The van der Waals surface area contributed by atoms with Crippen LogP contribution in [0.3, 0.4) is 0 Å². The fourth-order valence-corrected chi connectivity index (χ4v) is 5.04. The number of hydrogen-bond donors (Lipinski definition) is 1. The lowest BCUT2D eigenvalue weighted by molar-refractivity contribution is 0.102. The summed E-state index contributed by atoms with van der Waals surface area (Å²) in [5.41, 5.74) is 6.51. The molecule has 1 amide bonds. The Morgan fingerprint density at radius 2 is 1.64 bits per heavy atom. The highest BCUT2D eigenvalue weighted by molar-refractivity contribution is 6.08. The highest BCUT2D eigenvalue weighted by Crippen LogP contribution is 2.31. The van der Waals surface area contributed by atoms with Crippen LogP contribution in [0.2, 0.25) is 0 Å². The van der Waals surface area contributed by atoms with Crippen LogP contribution in [0, 0.1) is 33.6 Å². The van der Waals surface area contributed by atoms with Gasteiger partial charge in [0.15, 0.2) is 5.43 Å². The molecule has 172 valence electrons. The van der Waals surface area contributed by atoms with Crippen LogP contribution in [0.4, 0.5) is 5.69 Å². The third-order valence-electron chi connectivity index (χ3n) is 7.16. The number of carbonyl (C=O) groups excluding carboxylic acids is 1. The number of pyridine rings is 1. The normalized spacial score (nSPS) is 14.3. The van der Waals surface area contributed by atoms with Crippen LogP contribution in [-0.4, -0.2) is 10.5 Å². The van der Waals surface area contributed by atoms with Gasteiger partial charge < -0.3 is 9.88 Å². The second kappa shape index (κ2) is 9.78. The van der Waals surface area contributed by atoms with Crippen LogP contribution in [-0.2, 0) is 6.54 Å². The Morgan fingerprint density at radius 1 is 0.939 bits per heavy atom. The van der Waals surface area contributed by atoms with Gasteiger partial charge in [-0.1, -0.05) is 55.7 Å². The van der Waals surface area contributed by atoms with E-state index in [-0.39, 0.29) is 16.9 Å². The summed E-state index contributed by atoms with van der Waals surface area (Å²) >= 11 is 0. The van der Waals surface area contributed by atoms with Crippen LogP contribution < -0.4 is 10.7 Å². The zero-order chi connectivity index (χ0) is 23.5. The first-order valence-corrected chi connectivity index (χ1v) is 12.0. The van der Waals surface area contributed by atoms with E-state index in [0.29, 0.717) is 5.92 Å². The van der Waals surface area contributed by atoms with Gasteiger partial charge in [-0.2, -0.15) is 0 Å². The van der Waals surface area contributed by atoms with Crippen molar-refractivity contribution in [2.45, 2.75) is 66.3 Å². The molecule has 1 aliphatic carbocycles. The summed E-state index contributed by atoms with van der Waals surface area (Å²) in [6.45, 7) is 8.87. The highest BCUT2D eigenvalue weighted by atomic mass is 16.2. The summed E-state index contributed by atoms with van der Waals surface area (Å²) in [6, 6.07) is 15.5. The van der Waals surface area contributed by atoms with E-state index < -0.39 is 0 Å². The van der Waals surface area contributed by atoms with Crippen molar-refractivity contribution in [3.05, 3.63) is 86.7 Å². The maximum atomic E-state index is 13.6. The number of aryl methyl sites for hydroxylation is 3. The summed E-state index contributed by atoms with van der Waals surface area (Å²) in [7, 11) is 0. The van der Waals surface area contributed by atoms with E-state index in [1.807, 2.05) is 70.2 Å². The van der Waals surface area contributed by atoms with Gasteiger partial charge in [0.05, 0.1) is 5.69 Å². The maximum absolute atomic E-state index is 13.6. The van der Waals surface area contributed by atoms with Crippen molar-refractivity contribution in [3.8, 4) is 11.3 Å². The molecule has 3 aromatic rings. The van der Waals surface area contributed by atoms with Crippen molar-refractivity contribution < 1.29 is 4.79 Å². The molecular weight excluding hydrogens is 408 g/mol. The topological polar surface area (TPSA) is 51.1 Å². The quantitative estimate of drug-likeness (QED) is 0.485. The van der Waals surface area contributed by atoms with Gasteiger partial charge in [0.1, 0.15) is 5.56 Å². The Labute approximate surface area is 196 Å². The van der Waals surface area contributed by atoms with Gasteiger partial charge in [0.25, 0.3) is 5.91 Å². The minimum Gasteiger partial charge on any atom is -0.344 e. The average Bonchev–Trinajstić information content (AvgIpc) is 2.79. The van der Waals surface area contributed by atoms with E-state index >= 15 is 0 Å². The molecule has 2 aromatic carbocycles. The van der Waals surface area contributed by atoms with Crippen LogP contribution in [0.25, 0.3) is 11.3 Å². The Bertz CT molecular complexity index is 1230. The zero-order valence-electron chi connectivity index (χ0n) is 20.2. The molecule has 4 heteroatoms. The van der Waals surface area contributed by atoms with E-state index in [0.717, 1.165) is 45.9 Å². The molecule has 0 aliphatic heterocycles. The smallest absolute Gasteiger partial charge is 0.261 e. The number of anilines is 1. The molecule has 33 heavy (non-hydrogen) atoms. The summed E-state index contributed by atoms with van der Waals surface area (Å²) in [6.07, 6.45) is 6.20. The van der Waals surface area contributed by atoms with Gasteiger partial charge in [0.2, 0.25) is 0 Å². The predicted molar refractivity (Wildman–Crippen MR) is 136 cm³/mol. The van der Waals surface area contributed by atoms with Crippen molar-refractivity contribution in [1.82, 2.24) is 4.57 Å². The fourth-order valence-electron chi connectivity index (χ4n) is 5.04. The molecule has 0 radical (unpaired) electrons. The third kappa shape index (κ3) is 4.80. The third-order valence-corrected chi connectivity index (χ3v) is 7.16. The molecule has 1 fully saturated rings. The SMILES string of the molecule is Cc1ccccc1-c1c(C(=O)Nc2cccc(C)c2C)c(=O)cc(C)n1CC1CCCCC1. The van der Waals surface area contributed by atoms with Gasteiger partial charge in [-0.15, -0.1) is 0 Å². The highest BCUT2D eigenvalue weighted by Gasteiger charge is 2.25. The molecule has 1 aliphatic rings. The van der Waals surface area contributed by atoms with Gasteiger partial charge in [-0.25, -0.2) is 0 Å². The van der Waals surface area contributed by atoms with E-state index in [1.165, 1.54) is 32.1 Å². The molecule has 1 saturated carbocycles. The molecule has 1 heterocycles. The lowest BCUT2D eigenvalue weighted by Crippen LogP contribution is -2.28. The second-order valence-electron chi connectivity index (χ2n) is 9.50. The number of rotatable bonds is 5. The van der Waals surface area contributed by atoms with Crippen LogP contribution in [0.15, 0.2) is 53.3 Å². The summed E-state index contributed by atoms with van der Waals surface area (Å²) in [5, 5.41) is 3.04. The standard InChI is InChI=1S/C29H34N2O2/c1-19-12-10-16-25(22(19)4)30-29(33)27-26(32)17-21(3)31(18-23-13-6-5-7-14-23)28(27)24-15-9-8-11-20(24)2/h8-12,15-17,23H,5-7,13-14,18H2,1-4H3,(H,30,33). The first kappa shape index (κ1) is 23.0. The summed E-state index contributed by atoms with van der Waals surface area (Å²) < 4.78 is 2.22. The van der Waals surface area contributed by atoms with Gasteiger partial charge >= 0.3 is 0 Å². The molecule has 1 aromatic heterocycles. The largest absolute Gasteiger partial charge is 0.344 e. The van der Waals surface area contributed by atoms with E-state index in [4.69, 9.17) is 0 Å². The molecule has 4 rings (SSSR count). The van der Waals surface area contributed by atoms with Crippen molar-refractivity contribution in [3.63, 3.8) is 0 Å². The summed E-state index contributed by atoms with van der Waals surface area (Å²) in [4.78, 5) is 26.9. The average molecular weight is 443 g/mol. The first-order chi connectivity index (χ1) is 15.9. The van der Waals surface area contributed by atoms with E-state index in [2.05, 4.69) is 9.88 Å². The van der Waals surface area contributed by atoms with Gasteiger partial charge in [-0.3, -0.25) is 9.59 Å². The maximum Gasteiger partial charge on any atom is 0.261 e. The predicted octanol–water partition coefficient (Wildman–Crippen LogP) is 6.58. The molecule has 0 atom stereocenters. The van der Waals surface area contributed by atoms with Crippen molar-refractivity contribution >= 4 is 11.6 Å². The lowest BCUT2D eigenvalue weighted by atomic mass is 9.88. The number of aromatic nitrogens is 1. The Kier molecular flexibility index (Phi) is 6.83. The minimum absolute atomic E-state index is 0.228. The second-order valence-corrected chi connectivity index (χ2v) is 9.50. The lowest BCUT2D eigenvalue weighted by Gasteiger charge is -2.27. The van der Waals surface area contributed by atoms with Crippen LogP contribution >= 0.6 is 0 Å². The van der Waals surface area contributed by atoms with Crippen molar-refractivity contribution in [2.75, 3.05) is 5.32 Å². The van der Waals surface area contributed by atoms with E-state index in [1.54, 1.807) is 6.07 Å². The first-order valence-electron chi connectivity index (χ1n) is 12.0. The fraction of sp³-hybridized carbons (Fsp3) is 0.379. The number of nitrogens with zero attached hydrogens (tertiary/aromatic N) is 1. The Hall–Kier alpha value is -3.14. The molecule has 0 saturated heterocycles. The molecular formula is C29H34N2O2. The zero-order valence-corrected chi connectivity index (χ0v) is 20.2. The monoisotopic (exact) mass is 442 g/mol. The molecule has 4 nitrogen and oxygen atoms in total. The number of nitrogens with one attached hydrogen (secondary N) is 1. The van der Waals surface area contributed by atoms with Crippen molar-refractivity contribution in [1.29, 1.82) is 0 Å². The number of hydrogen-bond acceptors (Lipinski definition) is 2. The van der Waals surface area contributed by atoms with E-state index in [9.17, 15) is 9.59 Å². The Morgan fingerprint density at radius 3 is 2.36 bits per heavy atom. The number of amides is 1. The summed E-state index contributed by atoms with van der Waals surface area (Å²) in [5.74, 6) is 0.224. The minimum atomic E-state index is -0.343. The van der Waals surface area contributed by atoms with Gasteiger partial charge in [0, 0.05) is 29.6 Å². The Balaban J connectivity index is 1.87. The van der Waals surface area contributed by atoms with Crippen molar-refractivity contribution in [2.24, 2.45) is 5.92 Å².